The first-order chi connectivity index (χ1) is 14.1. The fraction of sp³-hybridized carbons (Fsp3) is 0.417. The second-order valence-corrected chi connectivity index (χ2v) is 8.54. The van der Waals surface area contributed by atoms with Gasteiger partial charge in [-0.2, -0.15) is 4.98 Å². The van der Waals surface area contributed by atoms with Crippen LogP contribution in [-0.4, -0.2) is 28.1 Å². The second-order valence-electron chi connectivity index (χ2n) is 8.13. The lowest BCUT2D eigenvalue weighted by molar-refractivity contribution is 0.185. The van der Waals surface area contributed by atoms with Crippen LogP contribution in [0, 0.1) is 5.92 Å². The normalized spacial score (nSPS) is 15.7. The van der Waals surface area contributed by atoms with Gasteiger partial charge in [0.05, 0.1) is 0 Å². The Morgan fingerprint density at radius 1 is 1.07 bits per heavy atom. The Morgan fingerprint density at radius 2 is 1.79 bits per heavy atom. The predicted octanol–water partition coefficient (Wildman–Crippen LogP) is 6.24. The maximum absolute atomic E-state index is 6.39. The zero-order valence-electron chi connectivity index (χ0n) is 17.2. The molecule has 1 aliphatic heterocycles. The third-order valence-electron chi connectivity index (χ3n) is 5.74. The summed E-state index contributed by atoms with van der Waals surface area (Å²) in [6.45, 7) is 7.88. The maximum Gasteiger partial charge on any atom is 0.258 e. The molecular weight excluding hydrogens is 382 g/mol. The van der Waals surface area contributed by atoms with Gasteiger partial charge in [0.25, 0.3) is 5.89 Å². The number of hydrogen-bond donors (Lipinski definition) is 0. The molecule has 29 heavy (non-hydrogen) atoms. The SMILES string of the molecule is CCCc1ccc(-c2nc(-c3ccc(CN4CCC(C)CC4)cc3)no2)cc1Cl. The third kappa shape index (κ3) is 4.88. The molecule has 1 saturated heterocycles. The quantitative estimate of drug-likeness (QED) is 0.483. The largest absolute Gasteiger partial charge is 0.334 e. The van der Waals surface area contributed by atoms with Crippen LogP contribution in [0.1, 0.15) is 44.2 Å². The van der Waals surface area contributed by atoms with Crippen LogP contribution in [-0.2, 0) is 13.0 Å². The number of likely N-dealkylation sites (tertiary alicyclic amines) is 1. The number of piperidine rings is 1. The van der Waals surface area contributed by atoms with Crippen molar-refractivity contribution in [2.45, 2.75) is 46.1 Å². The van der Waals surface area contributed by atoms with Crippen molar-refractivity contribution in [3.8, 4) is 22.8 Å². The van der Waals surface area contributed by atoms with E-state index in [-0.39, 0.29) is 0 Å². The molecule has 2 heterocycles. The topological polar surface area (TPSA) is 42.2 Å². The molecule has 0 amide bonds. The lowest BCUT2D eigenvalue weighted by Crippen LogP contribution is -2.32. The monoisotopic (exact) mass is 409 g/mol. The van der Waals surface area contributed by atoms with Gasteiger partial charge in [-0.15, -0.1) is 0 Å². The van der Waals surface area contributed by atoms with Crippen LogP contribution in [0.25, 0.3) is 22.8 Å². The lowest BCUT2D eigenvalue weighted by atomic mass is 9.99. The van der Waals surface area contributed by atoms with Crippen molar-refractivity contribution in [1.29, 1.82) is 0 Å². The second kappa shape index (κ2) is 9.10. The molecule has 0 unspecified atom stereocenters. The highest BCUT2D eigenvalue weighted by Crippen LogP contribution is 2.27. The van der Waals surface area contributed by atoms with Gasteiger partial charge in [0, 0.05) is 22.7 Å². The summed E-state index contributed by atoms with van der Waals surface area (Å²) in [5.74, 6) is 1.96. The molecule has 1 fully saturated rings. The van der Waals surface area contributed by atoms with Gasteiger partial charge < -0.3 is 4.52 Å². The minimum atomic E-state index is 0.497. The van der Waals surface area contributed by atoms with Gasteiger partial charge in [0.1, 0.15) is 0 Å². The van der Waals surface area contributed by atoms with Crippen LogP contribution >= 0.6 is 11.6 Å². The van der Waals surface area contributed by atoms with Crippen LogP contribution in [0.5, 0.6) is 0 Å². The van der Waals surface area contributed by atoms with Crippen LogP contribution in [0.4, 0.5) is 0 Å². The van der Waals surface area contributed by atoms with Crippen molar-refractivity contribution in [2.24, 2.45) is 5.92 Å². The van der Waals surface area contributed by atoms with E-state index in [0.29, 0.717) is 11.7 Å². The van der Waals surface area contributed by atoms with Gasteiger partial charge in [0.15, 0.2) is 0 Å². The van der Waals surface area contributed by atoms with Crippen molar-refractivity contribution >= 4 is 11.6 Å². The van der Waals surface area contributed by atoms with E-state index >= 15 is 0 Å². The Morgan fingerprint density at radius 3 is 2.48 bits per heavy atom. The predicted molar refractivity (Wildman–Crippen MR) is 118 cm³/mol. The molecule has 4 rings (SSSR count). The Balaban J connectivity index is 1.44. The van der Waals surface area contributed by atoms with Gasteiger partial charge in [-0.1, -0.05) is 67.4 Å². The number of benzene rings is 2. The zero-order chi connectivity index (χ0) is 20.2. The van der Waals surface area contributed by atoms with Gasteiger partial charge >= 0.3 is 0 Å². The van der Waals surface area contributed by atoms with Crippen LogP contribution in [0.15, 0.2) is 47.0 Å². The van der Waals surface area contributed by atoms with Crippen LogP contribution < -0.4 is 0 Å². The first-order valence-corrected chi connectivity index (χ1v) is 10.9. The number of rotatable bonds is 6. The molecule has 2 aromatic carbocycles. The molecule has 4 nitrogen and oxygen atoms in total. The van der Waals surface area contributed by atoms with Gasteiger partial charge in [-0.25, -0.2) is 0 Å². The van der Waals surface area contributed by atoms with Crippen LogP contribution in [0.3, 0.4) is 0 Å². The van der Waals surface area contributed by atoms with E-state index < -0.39 is 0 Å². The zero-order valence-corrected chi connectivity index (χ0v) is 18.0. The molecule has 0 aliphatic carbocycles. The first kappa shape index (κ1) is 20.1. The molecule has 0 atom stereocenters. The summed E-state index contributed by atoms with van der Waals surface area (Å²) in [6.07, 6.45) is 4.63. The highest BCUT2D eigenvalue weighted by Gasteiger charge is 2.16. The molecule has 0 radical (unpaired) electrons. The van der Waals surface area contributed by atoms with Gasteiger partial charge in [-0.3, -0.25) is 4.90 Å². The minimum absolute atomic E-state index is 0.497. The van der Waals surface area contributed by atoms with E-state index in [0.717, 1.165) is 47.0 Å². The van der Waals surface area contributed by atoms with Crippen molar-refractivity contribution in [2.75, 3.05) is 13.1 Å². The summed E-state index contributed by atoms with van der Waals surface area (Å²) in [5, 5.41) is 4.92. The Hall–Kier alpha value is -2.17. The number of nitrogens with zero attached hydrogens (tertiary/aromatic N) is 3. The first-order valence-electron chi connectivity index (χ1n) is 10.6. The van der Waals surface area contributed by atoms with E-state index in [1.54, 1.807) is 0 Å². The fourth-order valence-corrected chi connectivity index (χ4v) is 4.12. The Labute approximate surface area is 177 Å². The molecule has 0 spiro atoms. The summed E-state index contributed by atoms with van der Waals surface area (Å²) < 4.78 is 5.49. The van der Waals surface area contributed by atoms with Crippen molar-refractivity contribution < 1.29 is 4.52 Å². The average Bonchev–Trinajstić information content (AvgIpc) is 3.22. The standard InChI is InChI=1S/C24H28ClN3O/c1-3-4-19-9-10-21(15-22(19)25)24-26-23(27-29-24)20-7-5-18(6-8-20)16-28-13-11-17(2)12-14-28/h5-10,15,17H,3-4,11-14,16H2,1-2H3. The smallest absolute Gasteiger partial charge is 0.258 e. The molecular formula is C24H28ClN3O. The molecule has 152 valence electrons. The number of hydrogen-bond acceptors (Lipinski definition) is 4. The van der Waals surface area contributed by atoms with E-state index in [1.807, 2.05) is 18.2 Å². The van der Waals surface area contributed by atoms with Gasteiger partial charge in [0.2, 0.25) is 5.82 Å². The molecule has 3 aromatic rings. The molecule has 5 heteroatoms. The van der Waals surface area contributed by atoms with Crippen LogP contribution in [0.2, 0.25) is 5.02 Å². The molecule has 1 aliphatic rings. The van der Waals surface area contributed by atoms with Gasteiger partial charge in [-0.05, 0) is 61.5 Å². The number of aryl methyl sites for hydroxylation is 1. The summed E-state index contributed by atoms with van der Waals surface area (Å²) in [7, 11) is 0. The van der Waals surface area contributed by atoms with Crippen molar-refractivity contribution in [1.82, 2.24) is 15.0 Å². The number of aromatic nitrogens is 2. The molecule has 1 aromatic heterocycles. The summed E-state index contributed by atoms with van der Waals surface area (Å²) in [5.41, 5.74) is 4.29. The third-order valence-corrected chi connectivity index (χ3v) is 6.09. The highest BCUT2D eigenvalue weighted by molar-refractivity contribution is 6.31. The molecule has 0 saturated carbocycles. The fourth-order valence-electron chi connectivity index (χ4n) is 3.85. The Kier molecular flexibility index (Phi) is 6.31. The van der Waals surface area contributed by atoms with Crippen molar-refractivity contribution in [3.63, 3.8) is 0 Å². The van der Waals surface area contributed by atoms with E-state index in [4.69, 9.17) is 16.1 Å². The van der Waals surface area contributed by atoms with E-state index in [1.165, 1.54) is 31.5 Å². The maximum atomic E-state index is 6.39. The van der Waals surface area contributed by atoms with E-state index in [2.05, 4.69) is 53.2 Å². The summed E-state index contributed by atoms with van der Waals surface area (Å²) in [4.78, 5) is 7.11. The summed E-state index contributed by atoms with van der Waals surface area (Å²) >= 11 is 6.39. The molecule has 0 N–H and O–H groups in total. The Bertz CT molecular complexity index is 943. The summed E-state index contributed by atoms with van der Waals surface area (Å²) in [6, 6.07) is 14.4. The number of halogens is 1. The van der Waals surface area contributed by atoms with Crippen molar-refractivity contribution in [3.05, 3.63) is 58.6 Å². The minimum Gasteiger partial charge on any atom is -0.334 e. The average molecular weight is 410 g/mol. The lowest BCUT2D eigenvalue weighted by Gasteiger charge is -2.30. The highest BCUT2D eigenvalue weighted by atomic mass is 35.5. The van der Waals surface area contributed by atoms with E-state index in [9.17, 15) is 0 Å². The molecule has 0 bridgehead atoms.